The molecule has 0 amide bonds. The molecule has 0 N–H and O–H groups in total. The van der Waals surface area contributed by atoms with Crippen molar-refractivity contribution in [1.82, 2.24) is 15.0 Å². The van der Waals surface area contributed by atoms with Crippen molar-refractivity contribution >= 4 is 32.7 Å². The number of furan rings is 1. The van der Waals surface area contributed by atoms with Crippen LogP contribution >= 0.6 is 0 Å². The number of hydrogen-bond acceptors (Lipinski definition) is 4. The molecule has 10 rings (SSSR count). The topological polar surface area (TPSA) is 51.8 Å². The molecule has 54 heavy (non-hydrogen) atoms. The number of aromatic nitrogens is 3. The smallest absolute Gasteiger partial charge is 0.164 e. The number of fused-ring (bicyclic) bond motifs is 4. The molecule has 0 bridgehead atoms. The Labute approximate surface area is 318 Å². The second-order valence-electron chi connectivity index (χ2n) is 13.3. The summed E-state index contributed by atoms with van der Waals surface area (Å²) in [6, 6.07) is 52.1. The van der Waals surface area contributed by atoms with Crippen molar-refractivity contribution in [3.8, 4) is 67.5 Å². The molecule has 0 fully saturated rings. The molecule has 2 heterocycles. The van der Waals surface area contributed by atoms with Gasteiger partial charge in [0.1, 0.15) is 11.2 Å². The maximum absolute atomic E-state index is 9.00. The van der Waals surface area contributed by atoms with Gasteiger partial charge < -0.3 is 4.42 Å². The third-order valence-electron chi connectivity index (χ3n) is 9.87. The summed E-state index contributed by atoms with van der Waals surface area (Å²) in [5.41, 5.74) is 9.20. The van der Waals surface area contributed by atoms with Crippen LogP contribution in [0.15, 0.2) is 186 Å². The van der Waals surface area contributed by atoms with E-state index in [2.05, 4.69) is 42.5 Å². The minimum absolute atomic E-state index is 0.0821. The Hall–Kier alpha value is -7.17. The first-order valence-corrected chi connectivity index (χ1v) is 17.9. The lowest BCUT2D eigenvalue weighted by Gasteiger charge is -2.12. The van der Waals surface area contributed by atoms with E-state index in [1.165, 1.54) is 0 Å². The van der Waals surface area contributed by atoms with Crippen LogP contribution in [0.3, 0.4) is 0 Å². The van der Waals surface area contributed by atoms with E-state index in [1.807, 2.05) is 115 Å². The summed E-state index contributed by atoms with van der Waals surface area (Å²) >= 11 is 0. The molecule has 0 aliphatic carbocycles. The number of para-hydroxylation sites is 1. The van der Waals surface area contributed by atoms with Crippen LogP contribution in [0.1, 0.15) is 11.0 Å². The van der Waals surface area contributed by atoms with Gasteiger partial charge in [-0.3, -0.25) is 0 Å². The molecule has 0 atom stereocenters. The van der Waals surface area contributed by atoms with Crippen molar-refractivity contribution < 1.29 is 9.90 Å². The maximum Gasteiger partial charge on any atom is 0.164 e. The standard InChI is InChI=1S/C50H33N3O/c1-32-13-10-19-37(29-32)44-31-39(30-38-18-8-9-20-40(38)44)41-21-11-22-42-46-43(23-12-24-45(46)54-47(41)42)50-52-48(35-16-6-3-7-17-35)51-49(53-50)36-27-25-34(26-28-36)33-14-4-2-5-15-33/h2-31H,1H3/i10D,13D,19D,29D. The van der Waals surface area contributed by atoms with E-state index in [0.717, 1.165) is 60.5 Å². The van der Waals surface area contributed by atoms with Gasteiger partial charge in [0.25, 0.3) is 0 Å². The minimum Gasteiger partial charge on any atom is -0.455 e. The van der Waals surface area contributed by atoms with Gasteiger partial charge in [0.15, 0.2) is 17.5 Å². The predicted octanol–water partition coefficient (Wildman–Crippen LogP) is 13.2. The Morgan fingerprint density at radius 2 is 1.07 bits per heavy atom. The van der Waals surface area contributed by atoms with E-state index in [0.29, 0.717) is 45.3 Å². The lowest BCUT2D eigenvalue weighted by atomic mass is 9.92. The van der Waals surface area contributed by atoms with Gasteiger partial charge in [-0.05, 0) is 63.7 Å². The van der Waals surface area contributed by atoms with Crippen LogP contribution in [-0.2, 0) is 0 Å². The Bertz CT molecular complexity index is 3190. The average molecular weight is 696 g/mol. The summed E-state index contributed by atoms with van der Waals surface area (Å²) < 4.78 is 41.5. The third kappa shape index (κ3) is 5.62. The highest BCUT2D eigenvalue weighted by atomic mass is 16.3. The molecule has 0 aliphatic rings. The van der Waals surface area contributed by atoms with Crippen LogP contribution in [0.4, 0.5) is 0 Å². The van der Waals surface area contributed by atoms with Crippen LogP contribution in [-0.4, -0.2) is 15.0 Å². The van der Waals surface area contributed by atoms with E-state index in [4.69, 9.17) is 24.9 Å². The zero-order chi connectivity index (χ0) is 39.5. The summed E-state index contributed by atoms with van der Waals surface area (Å²) in [6.07, 6.45) is 0. The van der Waals surface area contributed by atoms with Gasteiger partial charge in [0, 0.05) is 33.0 Å². The van der Waals surface area contributed by atoms with Crippen molar-refractivity contribution in [3.63, 3.8) is 0 Å². The minimum atomic E-state index is -0.189. The van der Waals surface area contributed by atoms with Crippen molar-refractivity contribution in [2.45, 2.75) is 6.92 Å². The van der Waals surface area contributed by atoms with E-state index in [9.17, 15) is 0 Å². The van der Waals surface area contributed by atoms with E-state index >= 15 is 0 Å². The van der Waals surface area contributed by atoms with Gasteiger partial charge in [-0.25, -0.2) is 15.0 Å². The highest BCUT2D eigenvalue weighted by molar-refractivity contribution is 6.15. The predicted molar refractivity (Wildman–Crippen MR) is 222 cm³/mol. The molecule has 4 nitrogen and oxygen atoms in total. The van der Waals surface area contributed by atoms with Gasteiger partial charge >= 0.3 is 0 Å². The van der Waals surface area contributed by atoms with Crippen LogP contribution in [0.2, 0.25) is 0 Å². The van der Waals surface area contributed by atoms with E-state index < -0.39 is 0 Å². The van der Waals surface area contributed by atoms with Gasteiger partial charge in [-0.15, -0.1) is 0 Å². The molecule has 0 unspecified atom stereocenters. The molecule has 10 aromatic rings. The van der Waals surface area contributed by atoms with Gasteiger partial charge in [0.2, 0.25) is 0 Å². The lowest BCUT2D eigenvalue weighted by Crippen LogP contribution is -2.00. The first-order chi connectivity index (χ1) is 28.3. The summed E-state index contributed by atoms with van der Waals surface area (Å²) in [5, 5.41) is 3.54. The molecule has 0 saturated carbocycles. The van der Waals surface area contributed by atoms with E-state index in [-0.39, 0.29) is 24.2 Å². The molecule has 254 valence electrons. The Morgan fingerprint density at radius 1 is 0.463 bits per heavy atom. The van der Waals surface area contributed by atoms with E-state index in [1.54, 1.807) is 6.92 Å². The SMILES string of the molecule is [2H]c1c([2H])c(C)c([2H])c(-c2cc(-c3cccc4c3oc3cccc(-c5nc(-c6ccccc6)nc(-c6ccc(-c7ccccc7)cc6)n5)c34)cc3ccccc23)c1[2H]. The Balaban J connectivity index is 1.16. The normalized spacial score (nSPS) is 12.5. The van der Waals surface area contributed by atoms with Gasteiger partial charge in [0.05, 0.1) is 5.48 Å². The molecule has 0 saturated heterocycles. The zero-order valence-electron chi connectivity index (χ0n) is 33.3. The number of rotatable bonds is 6. The summed E-state index contributed by atoms with van der Waals surface area (Å²) in [5.74, 6) is 1.65. The number of benzene rings is 8. The summed E-state index contributed by atoms with van der Waals surface area (Å²) in [4.78, 5) is 15.2. The van der Waals surface area contributed by atoms with Crippen LogP contribution in [0.25, 0.3) is 100 Å². The lowest BCUT2D eigenvalue weighted by molar-refractivity contribution is 0.670. The Kier molecular flexibility index (Phi) is 6.67. The van der Waals surface area contributed by atoms with Crippen molar-refractivity contribution in [2.24, 2.45) is 0 Å². The van der Waals surface area contributed by atoms with Crippen LogP contribution in [0, 0.1) is 6.92 Å². The molecule has 0 radical (unpaired) electrons. The molecule has 0 aliphatic heterocycles. The molecular formula is C50H33N3O. The fraction of sp³-hybridized carbons (Fsp3) is 0.0200. The first-order valence-electron chi connectivity index (χ1n) is 19.9. The molecule has 0 spiro atoms. The highest BCUT2D eigenvalue weighted by Crippen LogP contribution is 2.42. The molecular weight excluding hydrogens is 659 g/mol. The zero-order valence-corrected chi connectivity index (χ0v) is 29.3. The molecule has 4 heteroatoms. The largest absolute Gasteiger partial charge is 0.455 e. The summed E-state index contributed by atoms with van der Waals surface area (Å²) in [6.45, 7) is 1.67. The highest BCUT2D eigenvalue weighted by Gasteiger charge is 2.20. The second kappa shape index (κ2) is 13.1. The van der Waals surface area contributed by atoms with Gasteiger partial charge in [-0.2, -0.15) is 0 Å². The van der Waals surface area contributed by atoms with Crippen molar-refractivity contribution in [2.75, 3.05) is 0 Å². The van der Waals surface area contributed by atoms with Gasteiger partial charge in [-0.1, -0.05) is 169 Å². The summed E-state index contributed by atoms with van der Waals surface area (Å²) in [7, 11) is 0. The maximum atomic E-state index is 9.00. The average Bonchev–Trinajstić information content (AvgIpc) is 3.67. The van der Waals surface area contributed by atoms with Crippen LogP contribution in [0.5, 0.6) is 0 Å². The Morgan fingerprint density at radius 3 is 1.87 bits per heavy atom. The molecule has 8 aromatic carbocycles. The number of nitrogens with zero attached hydrogens (tertiary/aromatic N) is 3. The van der Waals surface area contributed by atoms with Crippen LogP contribution < -0.4 is 0 Å². The fourth-order valence-corrected chi connectivity index (χ4v) is 7.29. The third-order valence-corrected chi connectivity index (χ3v) is 9.87. The van der Waals surface area contributed by atoms with Crippen molar-refractivity contribution in [3.05, 3.63) is 187 Å². The number of hydrogen-bond donors (Lipinski definition) is 0. The quantitative estimate of drug-likeness (QED) is 0.174. The molecule has 2 aromatic heterocycles. The first kappa shape index (κ1) is 27.5. The second-order valence-corrected chi connectivity index (χ2v) is 13.3. The fourth-order valence-electron chi connectivity index (χ4n) is 7.29. The monoisotopic (exact) mass is 695 g/mol. The van der Waals surface area contributed by atoms with Crippen molar-refractivity contribution in [1.29, 1.82) is 0 Å².